The number of benzene rings is 2. The fourth-order valence-electron chi connectivity index (χ4n) is 3.30. The fourth-order valence-corrected chi connectivity index (χ4v) is 4.89. The first-order valence-electron chi connectivity index (χ1n) is 9.66. The van der Waals surface area contributed by atoms with E-state index in [1.807, 2.05) is 38.1 Å². The zero-order valence-electron chi connectivity index (χ0n) is 17.7. The highest BCUT2D eigenvalue weighted by Gasteiger charge is 2.28. The van der Waals surface area contributed by atoms with Gasteiger partial charge in [0.15, 0.2) is 11.6 Å². The molecule has 0 saturated carbocycles. The normalized spacial score (nSPS) is 11.5. The van der Waals surface area contributed by atoms with Gasteiger partial charge in [-0.3, -0.25) is 0 Å². The third-order valence-electron chi connectivity index (χ3n) is 4.70. The van der Waals surface area contributed by atoms with E-state index in [9.17, 15) is 0 Å². The molecule has 0 atom stereocenters. The van der Waals surface area contributed by atoms with Crippen LogP contribution in [0.5, 0.6) is 17.2 Å². The van der Waals surface area contributed by atoms with Gasteiger partial charge in [0, 0.05) is 11.1 Å². The Kier molecular flexibility index (Phi) is 7.55. The Bertz CT molecular complexity index is 1000. The molecule has 0 saturated heterocycles. The van der Waals surface area contributed by atoms with E-state index in [2.05, 4.69) is 31.9 Å². The molecule has 1 heterocycles. The average molecular weight is 493 g/mol. The molecule has 1 aromatic heterocycles. The molecule has 0 radical (unpaired) electrons. The van der Waals surface area contributed by atoms with Crippen molar-refractivity contribution >= 4 is 33.7 Å². The van der Waals surface area contributed by atoms with Crippen molar-refractivity contribution in [3.8, 4) is 28.6 Å². The van der Waals surface area contributed by atoms with Crippen molar-refractivity contribution in [1.29, 1.82) is 0 Å². The summed E-state index contributed by atoms with van der Waals surface area (Å²) >= 11 is 5.04. The summed E-state index contributed by atoms with van der Waals surface area (Å²) in [5.41, 5.74) is 3.26. The van der Waals surface area contributed by atoms with E-state index in [1.165, 1.54) is 17.5 Å². The van der Waals surface area contributed by atoms with Crippen molar-refractivity contribution in [1.82, 2.24) is 5.16 Å². The fraction of sp³-hybridized carbons (Fsp3) is 0.318. The van der Waals surface area contributed by atoms with Crippen LogP contribution in [0.3, 0.4) is 0 Å². The number of nitrogens with zero attached hydrogens (tertiary/aromatic N) is 1. The molecule has 0 unspecified atom stereocenters. The van der Waals surface area contributed by atoms with Crippen LogP contribution in [0.25, 0.3) is 11.3 Å². The number of ether oxygens (including phenoxy) is 3. The van der Waals surface area contributed by atoms with Crippen molar-refractivity contribution in [2.24, 2.45) is 0 Å². The second-order valence-corrected chi connectivity index (χ2v) is 7.76. The van der Waals surface area contributed by atoms with Gasteiger partial charge in [0.2, 0.25) is 0 Å². The molecule has 1 aliphatic rings. The molecule has 4 rings (SSSR count). The molecule has 0 spiro atoms. The molecule has 160 valence electrons. The third kappa shape index (κ3) is 4.11. The molecule has 30 heavy (non-hydrogen) atoms. The molecule has 3 aromatic rings. The van der Waals surface area contributed by atoms with Crippen LogP contribution in [0.15, 0.2) is 44.2 Å². The Labute approximate surface area is 189 Å². The van der Waals surface area contributed by atoms with E-state index >= 15 is 0 Å². The van der Waals surface area contributed by atoms with Gasteiger partial charge in [-0.15, -0.1) is 0 Å². The number of aromatic nitrogens is 1. The maximum atomic E-state index is 5.72. The summed E-state index contributed by atoms with van der Waals surface area (Å²) in [7, 11) is 4.93. The minimum absolute atomic E-state index is 0.702. The first-order chi connectivity index (χ1) is 14.7. The number of fused-ring (bicyclic) bond motifs is 3. The summed E-state index contributed by atoms with van der Waals surface area (Å²) in [4.78, 5) is 0.850. The Morgan fingerprint density at radius 2 is 1.63 bits per heavy atom. The van der Waals surface area contributed by atoms with Gasteiger partial charge >= 0.3 is 0 Å². The zero-order valence-corrected chi connectivity index (χ0v) is 20.1. The Morgan fingerprint density at radius 3 is 2.27 bits per heavy atom. The number of rotatable bonds is 6. The summed E-state index contributed by atoms with van der Waals surface area (Å²) < 4.78 is 26.2. The minimum Gasteiger partial charge on any atom is -0.496 e. The van der Waals surface area contributed by atoms with Crippen LogP contribution < -0.4 is 18.9 Å². The highest BCUT2D eigenvalue weighted by molar-refractivity contribution is 9.10. The second kappa shape index (κ2) is 10.1. The van der Waals surface area contributed by atoms with Crippen molar-refractivity contribution in [3.63, 3.8) is 0 Å². The largest absolute Gasteiger partial charge is 0.496 e. The summed E-state index contributed by atoms with van der Waals surface area (Å²) in [6.07, 6.45) is 1.75. The number of hydrogen-bond acceptors (Lipinski definition) is 7. The molecule has 0 fully saturated rings. The highest BCUT2D eigenvalue weighted by Crippen LogP contribution is 2.46. The first-order valence-corrected chi connectivity index (χ1v) is 11.3. The van der Waals surface area contributed by atoms with Crippen LogP contribution in [0.4, 0.5) is 5.82 Å². The van der Waals surface area contributed by atoms with E-state index in [1.54, 1.807) is 21.3 Å². The van der Waals surface area contributed by atoms with Crippen LogP contribution in [0.1, 0.15) is 25.0 Å². The molecule has 0 aliphatic heterocycles. The van der Waals surface area contributed by atoms with Crippen LogP contribution in [-0.4, -0.2) is 26.5 Å². The predicted molar refractivity (Wildman–Crippen MR) is 124 cm³/mol. The summed E-state index contributed by atoms with van der Waals surface area (Å²) in [5, 5.41) is 4.27. The Morgan fingerprint density at radius 1 is 0.967 bits per heavy atom. The number of nitrogens with one attached hydrogen (secondary N) is 1. The molecule has 6 nitrogen and oxygen atoms in total. The van der Waals surface area contributed by atoms with E-state index < -0.39 is 0 Å². The van der Waals surface area contributed by atoms with Crippen LogP contribution in [0, 0.1) is 0 Å². The van der Waals surface area contributed by atoms with Crippen molar-refractivity contribution in [2.45, 2.75) is 31.6 Å². The van der Waals surface area contributed by atoms with Gasteiger partial charge < -0.3 is 23.5 Å². The van der Waals surface area contributed by atoms with E-state index in [-0.39, 0.29) is 0 Å². The van der Waals surface area contributed by atoms with Gasteiger partial charge in [0.05, 0.1) is 25.8 Å². The number of methoxy groups -OCH3 is 3. The average Bonchev–Trinajstić information content (AvgIpc) is 3.21. The van der Waals surface area contributed by atoms with Crippen molar-refractivity contribution < 1.29 is 18.7 Å². The lowest BCUT2D eigenvalue weighted by Gasteiger charge is -2.18. The van der Waals surface area contributed by atoms with Gasteiger partial charge in [-0.1, -0.05) is 31.1 Å². The van der Waals surface area contributed by atoms with E-state index in [4.69, 9.17) is 18.7 Å². The van der Waals surface area contributed by atoms with E-state index in [0.717, 1.165) is 56.3 Å². The van der Waals surface area contributed by atoms with Gasteiger partial charge in [0.25, 0.3) is 0 Å². The summed E-state index contributed by atoms with van der Waals surface area (Å²) in [5.74, 6) is 3.69. The lowest BCUT2D eigenvalue weighted by Crippen LogP contribution is -2.05. The third-order valence-corrected chi connectivity index (χ3v) is 6.39. The zero-order chi connectivity index (χ0) is 21.7. The van der Waals surface area contributed by atoms with Gasteiger partial charge in [-0.25, -0.2) is 0 Å². The number of halogens is 1. The van der Waals surface area contributed by atoms with Crippen LogP contribution in [0.2, 0.25) is 0 Å². The number of aryl methyl sites for hydroxylation is 1. The molecule has 2 aromatic carbocycles. The monoisotopic (exact) mass is 492 g/mol. The molecule has 8 heteroatoms. The van der Waals surface area contributed by atoms with Gasteiger partial charge in [-0.2, -0.15) is 0 Å². The summed E-state index contributed by atoms with van der Waals surface area (Å²) in [6.45, 7) is 4.00. The molecule has 1 N–H and O–H groups in total. The van der Waals surface area contributed by atoms with Crippen LogP contribution >= 0.6 is 27.9 Å². The second-order valence-electron chi connectivity index (χ2n) is 6.15. The smallest absolute Gasteiger partial charge is 0.183 e. The standard InChI is InChI=1S/C20H19BrN2O4S.C2H6/c1-24-13-10-8-11-7-9-12-18(16(11)17(13)21)27-22-20(12)23-28-19-14(25-2)5-4-6-15(19)26-3;1-2/h4-6,8,10H,7,9H2,1-3H3,(H,22,23);1-2H3. The molecule has 0 amide bonds. The molecule has 0 bridgehead atoms. The maximum Gasteiger partial charge on any atom is 0.183 e. The number of anilines is 1. The topological polar surface area (TPSA) is 65.8 Å². The predicted octanol–water partition coefficient (Wildman–Crippen LogP) is 6.37. The summed E-state index contributed by atoms with van der Waals surface area (Å²) in [6, 6.07) is 9.72. The van der Waals surface area contributed by atoms with Gasteiger partial charge in [-0.05, 0) is 64.5 Å². The van der Waals surface area contributed by atoms with E-state index in [0.29, 0.717) is 5.82 Å². The first kappa shape index (κ1) is 22.4. The quantitative estimate of drug-likeness (QED) is 0.400. The maximum absolute atomic E-state index is 5.72. The lowest BCUT2D eigenvalue weighted by atomic mass is 9.90. The lowest BCUT2D eigenvalue weighted by molar-refractivity contribution is 0.376. The number of hydrogen-bond donors (Lipinski definition) is 1. The molecule has 1 aliphatic carbocycles. The van der Waals surface area contributed by atoms with Crippen molar-refractivity contribution in [3.05, 3.63) is 45.9 Å². The highest BCUT2D eigenvalue weighted by atomic mass is 79.9. The molecular weight excluding hydrogens is 468 g/mol. The minimum atomic E-state index is 0.702. The van der Waals surface area contributed by atoms with Gasteiger partial charge in [0.1, 0.15) is 22.1 Å². The van der Waals surface area contributed by atoms with Crippen LogP contribution in [-0.2, 0) is 12.8 Å². The Balaban J connectivity index is 0.00000124. The SMILES string of the molecule is CC.COc1ccc2c(c1Br)-c1onc(NSc3c(OC)cccc3OC)c1CC2. The Hall–Kier alpha value is -2.32. The molecular formula is C22H25BrN2O4S. The van der Waals surface area contributed by atoms with Crippen molar-refractivity contribution in [2.75, 3.05) is 26.1 Å².